The van der Waals surface area contributed by atoms with Gasteiger partial charge in [-0.1, -0.05) is 19.1 Å². The van der Waals surface area contributed by atoms with Crippen LogP contribution in [0.3, 0.4) is 0 Å². The van der Waals surface area contributed by atoms with Crippen LogP contribution in [-0.2, 0) is 0 Å². The summed E-state index contributed by atoms with van der Waals surface area (Å²) in [5.74, 6) is 0.294. The van der Waals surface area contributed by atoms with Crippen LogP contribution in [0.15, 0.2) is 48.7 Å². The molecular weight excluding hydrogens is 250 g/mol. The van der Waals surface area contributed by atoms with Crippen LogP contribution in [0.5, 0.6) is 5.75 Å². The number of aromatic hydroxyl groups is 1. The van der Waals surface area contributed by atoms with Gasteiger partial charge in [-0.2, -0.15) is 5.10 Å². The highest BCUT2D eigenvalue weighted by molar-refractivity contribution is 5.81. The lowest BCUT2D eigenvalue weighted by molar-refractivity contribution is 0.475. The van der Waals surface area contributed by atoms with Crippen LogP contribution < -0.4 is 5.32 Å². The molecule has 1 heterocycles. The van der Waals surface area contributed by atoms with Gasteiger partial charge in [-0.15, -0.1) is 0 Å². The predicted octanol–water partition coefficient (Wildman–Crippen LogP) is 3.83. The number of anilines is 1. The number of aromatic nitrogens is 2. The average Bonchev–Trinajstić information content (AvgIpc) is 2.93. The Hall–Kier alpha value is -2.49. The van der Waals surface area contributed by atoms with E-state index in [0.717, 1.165) is 28.6 Å². The van der Waals surface area contributed by atoms with Gasteiger partial charge in [0.25, 0.3) is 0 Å². The molecular formula is C16H17N3O. The number of hydrogen-bond acceptors (Lipinski definition) is 3. The number of fused-ring (bicyclic) bond motifs is 1. The number of aromatic amines is 1. The zero-order chi connectivity index (χ0) is 13.9. The van der Waals surface area contributed by atoms with Gasteiger partial charge >= 0.3 is 0 Å². The number of phenolic OH excluding ortho intramolecular Hbond substituents is 1. The normalized spacial score (nSPS) is 12.4. The fourth-order valence-corrected chi connectivity index (χ4v) is 2.36. The second-order valence-corrected chi connectivity index (χ2v) is 4.87. The largest absolute Gasteiger partial charge is 0.508 e. The molecule has 0 saturated heterocycles. The van der Waals surface area contributed by atoms with E-state index in [-0.39, 0.29) is 6.04 Å². The number of nitrogens with one attached hydrogen (secondary N) is 2. The van der Waals surface area contributed by atoms with Gasteiger partial charge in [0, 0.05) is 11.1 Å². The average molecular weight is 267 g/mol. The number of hydrogen-bond donors (Lipinski definition) is 3. The summed E-state index contributed by atoms with van der Waals surface area (Å²) in [6, 6.07) is 13.7. The summed E-state index contributed by atoms with van der Waals surface area (Å²) in [5, 5.41) is 21.0. The van der Waals surface area contributed by atoms with Crippen LogP contribution in [0.2, 0.25) is 0 Å². The Kier molecular flexibility index (Phi) is 3.29. The topological polar surface area (TPSA) is 60.9 Å². The van der Waals surface area contributed by atoms with E-state index in [9.17, 15) is 5.11 Å². The summed E-state index contributed by atoms with van der Waals surface area (Å²) < 4.78 is 0. The zero-order valence-corrected chi connectivity index (χ0v) is 11.3. The van der Waals surface area contributed by atoms with E-state index in [1.807, 2.05) is 24.4 Å². The Labute approximate surface area is 117 Å². The van der Waals surface area contributed by atoms with Crippen LogP contribution in [0.4, 0.5) is 5.69 Å². The molecule has 0 aliphatic heterocycles. The molecule has 4 heteroatoms. The highest BCUT2D eigenvalue weighted by atomic mass is 16.3. The van der Waals surface area contributed by atoms with Crippen LogP contribution in [0.1, 0.15) is 24.9 Å². The van der Waals surface area contributed by atoms with E-state index >= 15 is 0 Å². The first kappa shape index (κ1) is 12.5. The lowest BCUT2D eigenvalue weighted by Gasteiger charge is -2.19. The molecule has 3 N–H and O–H groups in total. The van der Waals surface area contributed by atoms with Crippen molar-refractivity contribution in [2.24, 2.45) is 0 Å². The molecule has 0 saturated carbocycles. The first-order chi connectivity index (χ1) is 9.76. The van der Waals surface area contributed by atoms with Gasteiger partial charge in [0.1, 0.15) is 5.75 Å². The Morgan fingerprint density at radius 3 is 2.75 bits per heavy atom. The molecule has 0 fully saturated rings. The molecule has 1 aromatic heterocycles. The van der Waals surface area contributed by atoms with E-state index in [1.54, 1.807) is 12.1 Å². The molecule has 102 valence electrons. The van der Waals surface area contributed by atoms with Gasteiger partial charge in [0.05, 0.1) is 17.8 Å². The molecule has 3 aromatic rings. The van der Waals surface area contributed by atoms with Crippen molar-refractivity contribution in [2.45, 2.75) is 19.4 Å². The monoisotopic (exact) mass is 267 g/mol. The third kappa shape index (κ3) is 2.45. The number of nitrogens with zero attached hydrogens (tertiary/aromatic N) is 1. The highest BCUT2D eigenvalue weighted by Gasteiger charge is 2.09. The van der Waals surface area contributed by atoms with E-state index in [1.165, 1.54) is 0 Å². The lowest BCUT2D eigenvalue weighted by atomic mass is 10.0. The van der Waals surface area contributed by atoms with Gasteiger partial charge in [0.2, 0.25) is 0 Å². The standard InChI is InChI=1S/C16H17N3O/c1-2-15(11-4-7-14(20)8-5-11)18-13-6-3-12-10-17-19-16(12)9-13/h3-10,15,18,20H,2H2,1H3,(H,17,19). The molecule has 0 aliphatic rings. The van der Waals surface area contributed by atoms with Crippen molar-refractivity contribution >= 4 is 16.6 Å². The summed E-state index contributed by atoms with van der Waals surface area (Å²) in [4.78, 5) is 0. The summed E-state index contributed by atoms with van der Waals surface area (Å²) in [5.41, 5.74) is 3.24. The quantitative estimate of drug-likeness (QED) is 0.673. The number of H-pyrrole nitrogens is 1. The van der Waals surface area contributed by atoms with Crippen LogP contribution >= 0.6 is 0 Å². The van der Waals surface area contributed by atoms with E-state index in [4.69, 9.17) is 0 Å². The molecule has 1 atom stereocenters. The van der Waals surface area contributed by atoms with Gasteiger partial charge < -0.3 is 10.4 Å². The third-order valence-electron chi connectivity index (χ3n) is 3.49. The molecule has 0 radical (unpaired) electrons. The molecule has 4 nitrogen and oxygen atoms in total. The minimum atomic E-state index is 0.218. The smallest absolute Gasteiger partial charge is 0.115 e. The SMILES string of the molecule is CCC(Nc1ccc2cn[nH]c2c1)c1ccc(O)cc1. The van der Waals surface area contributed by atoms with Crippen molar-refractivity contribution in [1.29, 1.82) is 0 Å². The molecule has 2 aromatic carbocycles. The first-order valence-corrected chi connectivity index (χ1v) is 6.75. The first-order valence-electron chi connectivity index (χ1n) is 6.75. The molecule has 20 heavy (non-hydrogen) atoms. The summed E-state index contributed by atoms with van der Waals surface area (Å²) in [6.07, 6.45) is 2.78. The number of benzene rings is 2. The molecule has 3 rings (SSSR count). The van der Waals surface area contributed by atoms with Crippen molar-refractivity contribution in [3.8, 4) is 5.75 Å². The fraction of sp³-hybridized carbons (Fsp3) is 0.188. The predicted molar refractivity (Wildman–Crippen MR) is 80.9 cm³/mol. The van der Waals surface area contributed by atoms with Gasteiger partial charge in [-0.3, -0.25) is 5.10 Å². The Balaban J connectivity index is 1.84. The highest BCUT2D eigenvalue weighted by Crippen LogP contribution is 2.25. The van der Waals surface area contributed by atoms with Gasteiger partial charge in [-0.05, 0) is 42.3 Å². The Bertz CT molecular complexity index is 703. The minimum absolute atomic E-state index is 0.218. The van der Waals surface area contributed by atoms with E-state index < -0.39 is 0 Å². The number of rotatable bonds is 4. The van der Waals surface area contributed by atoms with E-state index in [2.05, 4.69) is 34.6 Å². The summed E-state index contributed by atoms with van der Waals surface area (Å²) >= 11 is 0. The molecule has 0 amide bonds. The number of phenols is 1. The van der Waals surface area contributed by atoms with Crippen molar-refractivity contribution in [1.82, 2.24) is 10.2 Å². The fourth-order valence-electron chi connectivity index (χ4n) is 2.36. The van der Waals surface area contributed by atoms with Crippen molar-refractivity contribution in [2.75, 3.05) is 5.32 Å². The summed E-state index contributed by atoms with van der Waals surface area (Å²) in [7, 11) is 0. The maximum Gasteiger partial charge on any atom is 0.115 e. The zero-order valence-electron chi connectivity index (χ0n) is 11.3. The minimum Gasteiger partial charge on any atom is -0.508 e. The Morgan fingerprint density at radius 2 is 2.00 bits per heavy atom. The van der Waals surface area contributed by atoms with Crippen LogP contribution in [0.25, 0.3) is 10.9 Å². The second kappa shape index (κ2) is 5.25. The van der Waals surface area contributed by atoms with Crippen LogP contribution in [-0.4, -0.2) is 15.3 Å². The van der Waals surface area contributed by atoms with Crippen molar-refractivity contribution < 1.29 is 5.11 Å². The van der Waals surface area contributed by atoms with Crippen LogP contribution in [0, 0.1) is 0 Å². The van der Waals surface area contributed by atoms with Crippen molar-refractivity contribution in [3.05, 3.63) is 54.2 Å². The maximum atomic E-state index is 9.36. The van der Waals surface area contributed by atoms with Gasteiger partial charge in [-0.25, -0.2) is 0 Å². The summed E-state index contributed by atoms with van der Waals surface area (Å²) in [6.45, 7) is 2.14. The molecule has 1 unspecified atom stereocenters. The molecule has 0 bridgehead atoms. The maximum absolute atomic E-state index is 9.36. The Morgan fingerprint density at radius 1 is 1.20 bits per heavy atom. The molecule has 0 aliphatic carbocycles. The molecule has 0 spiro atoms. The lowest BCUT2D eigenvalue weighted by Crippen LogP contribution is -2.09. The third-order valence-corrected chi connectivity index (χ3v) is 3.49. The van der Waals surface area contributed by atoms with Crippen molar-refractivity contribution in [3.63, 3.8) is 0 Å². The van der Waals surface area contributed by atoms with E-state index in [0.29, 0.717) is 5.75 Å². The van der Waals surface area contributed by atoms with Gasteiger partial charge in [0.15, 0.2) is 0 Å². The second-order valence-electron chi connectivity index (χ2n) is 4.87.